The Labute approximate surface area is 104 Å². The van der Waals surface area contributed by atoms with Gasteiger partial charge in [0, 0.05) is 30.9 Å². The van der Waals surface area contributed by atoms with Crippen molar-refractivity contribution in [2.75, 3.05) is 19.0 Å². The first-order chi connectivity index (χ1) is 8.31. The van der Waals surface area contributed by atoms with E-state index in [0.29, 0.717) is 6.61 Å². The van der Waals surface area contributed by atoms with Gasteiger partial charge in [-0.1, -0.05) is 0 Å². The summed E-state index contributed by atoms with van der Waals surface area (Å²) in [6.07, 6.45) is 3.73. The van der Waals surface area contributed by atoms with E-state index >= 15 is 0 Å². The highest BCUT2D eigenvalue weighted by Crippen LogP contribution is 2.14. The molecule has 0 aliphatic carbocycles. The summed E-state index contributed by atoms with van der Waals surface area (Å²) < 4.78 is 7.10. The smallest absolute Gasteiger partial charge is 0.203 e. The summed E-state index contributed by atoms with van der Waals surface area (Å²) in [7, 11) is 1.70. The van der Waals surface area contributed by atoms with E-state index in [2.05, 4.69) is 15.3 Å². The average Bonchev–Trinajstić information content (AvgIpc) is 2.93. The molecule has 0 aliphatic rings. The van der Waals surface area contributed by atoms with Crippen molar-refractivity contribution in [2.24, 2.45) is 0 Å². The van der Waals surface area contributed by atoms with E-state index in [0.717, 1.165) is 24.7 Å². The second kappa shape index (κ2) is 5.79. The SMILES string of the molecule is COCCn1ccnc1NCc1scnc1C. The van der Waals surface area contributed by atoms with E-state index < -0.39 is 0 Å². The molecule has 17 heavy (non-hydrogen) atoms. The number of ether oxygens (including phenoxy) is 1. The van der Waals surface area contributed by atoms with Gasteiger partial charge in [0.2, 0.25) is 5.95 Å². The molecule has 5 nitrogen and oxygen atoms in total. The fourth-order valence-corrected chi connectivity index (χ4v) is 2.22. The normalized spacial score (nSPS) is 10.7. The van der Waals surface area contributed by atoms with Gasteiger partial charge in [0.1, 0.15) is 0 Å². The summed E-state index contributed by atoms with van der Waals surface area (Å²) in [6.45, 7) is 4.27. The van der Waals surface area contributed by atoms with Crippen LogP contribution >= 0.6 is 11.3 Å². The van der Waals surface area contributed by atoms with Gasteiger partial charge in [-0.05, 0) is 6.92 Å². The van der Waals surface area contributed by atoms with Crippen LogP contribution in [-0.4, -0.2) is 28.3 Å². The lowest BCUT2D eigenvalue weighted by molar-refractivity contribution is 0.187. The fourth-order valence-electron chi connectivity index (χ4n) is 1.50. The van der Waals surface area contributed by atoms with Crippen molar-refractivity contribution in [3.63, 3.8) is 0 Å². The molecule has 2 heterocycles. The minimum absolute atomic E-state index is 0.685. The van der Waals surface area contributed by atoms with E-state index in [4.69, 9.17) is 4.74 Å². The van der Waals surface area contributed by atoms with Crippen molar-refractivity contribution in [3.05, 3.63) is 28.5 Å². The lowest BCUT2D eigenvalue weighted by atomic mass is 10.4. The molecule has 0 aliphatic heterocycles. The van der Waals surface area contributed by atoms with Gasteiger partial charge in [-0.25, -0.2) is 9.97 Å². The number of hydrogen-bond donors (Lipinski definition) is 1. The molecule has 0 spiro atoms. The van der Waals surface area contributed by atoms with Crippen molar-refractivity contribution in [3.8, 4) is 0 Å². The molecular formula is C11H16N4OS. The molecule has 0 saturated carbocycles. The third-order valence-corrected chi connectivity index (χ3v) is 3.44. The van der Waals surface area contributed by atoms with Crippen LogP contribution in [-0.2, 0) is 17.8 Å². The van der Waals surface area contributed by atoms with E-state index in [1.165, 1.54) is 4.88 Å². The zero-order chi connectivity index (χ0) is 12.1. The summed E-state index contributed by atoms with van der Waals surface area (Å²) in [6, 6.07) is 0. The second-order valence-corrected chi connectivity index (χ2v) is 4.59. The maximum Gasteiger partial charge on any atom is 0.203 e. The van der Waals surface area contributed by atoms with Crippen LogP contribution in [0.2, 0.25) is 0 Å². The molecule has 2 aromatic heterocycles. The van der Waals surface area contributed by atoms with Gasteiger partial charge in [0.25, 0.3) is 0 Å². The van der Waals surface area contributed by atoms with Crippen LogP contribution in [0.5, 0.6) is 0 Å². The van der Waals surface area contributed by atoms with Crippen LogP contribution in [0.1, 0.15) is 10.6 Å². The highest BCUT2D eigenvalue weighted by atomic mass is 32.1. The van der Waals surface area contributed by atoms with Gasteiger partial charge < -0.3 is 14.6 Å². The number of imidazole rings is 1. The van der Waals surface area contributed by atoms with Crippen molar-refractivity contribution in [1.29, 1.82) is 0 Å². The van der Waals surface area contributed by atoms with Crippen molar-refractivity contribution in [1.82, 2.24) is 14.5 Å². The summed E-state index contributed by atoms with van der Waals surface area (Å²) >= 11 is 1.66. The maximum absolute atomic E-state index is 5.06. The minimum Gasteiger partial charge on any atom is -0.383 e. The third-order valence-electron chi connectivity index (χ3n) is 2.50. The molecule has 0 bridgehead atoms. The Hall–Kier alpha value is -1.40. The average molecular weight is 252 g/mol. The Kier molecular flexibility index (Phi) is 4.11. The number of hydrogen-bond acceptors (Lipinski definition) is 5. The Morgan fingerprint density at radius 1 is 1.47 bits per heavy atom. The maximum atomic E-state index is 5.06. The number of anilines is 1. The number of nitrogens with zero attached hydrogens (tertiary/aromatic N) is 3. The van der Waals surface area contributed by atoms with Gasteiger partial charge in [-0.2, -0.15) is 0 Å². The predicted octanol–water partition coefficient (Wildman–Crippen LogP) is 1.91. The molecule has 0 fully saturated rings. The van der Waals surface area contributed by atoms with E-state index in [9.17, 15) is 0 Å². The second-order valence-electron chi connectivity index (χ2n) is 3.65. The summed E-state index contributed by atoms with van der Waals surface area (Å²) in [5.41, 5.74) is 2.95. The Morgan fingerprint density at radius 3 is 3.06 bits per heavy atom. The standard InChI is InChI=1S/C11H16N4OS/c1-9-10(17-8-14-9)7-13-11-12-3-4-15(11)5-6-16-2/h3-4,8H,5-7H2,1-2H3,(H,12,13). The largest absolute Gasteiger partial charge is 0.383 e. The first kappa shape index (κ1) is 12.1. The van der Waals surface area contributed by atoms with E-state index in [1.54, 1.807) is 24.6 Å². The molecule has 2 rings (SSSR count). The number of nitrogens with one attached hydrogen (secondary N) is 1. The van der Waals surface area contributed by atoms with Gasteiger partial charge in [-0.15, -0.1) is 11.3 Å². The zero-order valence-electron chi connectivity index (χ0n) is 10.0. The molecular weight excluding hydrogens is 236 g/mol. The van der Waals surface area contributed by atoms with Crippen molar-refractivity contribution in [2.45, 2.75) is 20.0 Å². The number of rotatable bonds is 6. The number of methoxy groups -OCH3 is 1. The topological polar surface area (TPSA) is 52.0 Å². The van der Waals surface area contributed by atoms with Crippen molar-refractivity contribution < 1.29 is 4.74 Å². The predicted molar refractivity (Wildman–Crippen MR) is 68.3 cm³/mol. The molecule has 1 N–H and O–H groups in total. The van der Waals surface area contributed by atoms with Crippen LogP contribution in [0.25, 0.3) is 0 Å². The Bertz CT molecular complexity index is 465. The minimum atomic E-state index is 0.685. The molecule has 92 valence electrons. The van der Waals surface area contributed by atoms with Gasteiger partial charge in [0.15, 0.2) is 0 Å². The van der Waals surface area contributed by atoms with Gasteiger partial charge >= 0.3 is 0 Å². The van der Waals surface area contributed by atoms with Gasteiger partial charge in [-0.3, -0.25) is 0 Å². The third kappa shape index (κ3) is 3.04. The zero-order valence-corrected chi connectivity index (χ0v) is 10.8. The van der Waals surface area contributed by atoms with E-state index in [-0.39, 0.29) is 0 Å². The lowest BCUT2D eigenvalue weighted by Crippen LogP contribution is -2.09. The molecule has 0 radical (unpaired) electrons. The molecule has 0 saturated heterocycles. The number of aryl methyl sites for hydroxylation is 1. The highest BCUT2D eigenvalue weighted by molar-refractivity contribution is 7.09. The number of thiazole rings is 1. The van der Waals surface area contributed by atoms with E-state index in [1.807, 2.05) is 23.2 Å². The Balaban J connectivity index is 1.95. The molecule has 0 unspecified atom stereocenters. The monoisotopic (exact) mass is 252 g/mol. The van der Waals surface area contributed by atoms with Gasteiger partial charge in [0.05, 0.1) is 24.4 Å². The van der Waals surface area contributed by atoms with Crippen LogP contribution in [0.4, 0.5) is 5.95 Å². The van der Waals surface area contributed by atoms with Crippen LogP contribution in [0, 0.1) is 6.92 Å². The first-order valence-corrected chi connectivity index (χ1v) is 6.32. The first-order valence-electron chi connectivity index (χ1n) is 5.44. The molecule has 0 atom stereocenters. The van der Waals surface area contributed by atoms with Crippen molar-refractivity contribution >= 4 is 17.3 Å². The van der Waals surface area contributed by atoms with Crippen LogP contribution < -0.4 is 5.32 Å². The molecule has 0 aromatic carbocycles. The lowest BCUT2D eigenvalue weighted by Gasteiger charge is -2.08. The molecule has 0 amide bonds. The molecule has 6 heteroatoms. The number of aromatic nitrogens is 3. The fraction of sp³-hybridized carbons (Fsp3) is 0.455. The highest BCUT2D eigenvalue weighted by Gasteiger charge is 2.04. The summed E-state index contributed by atoms with van der Waals surface area (Å²) in [4.78, 5) is 9.74. The van der Waals surface area contributed by atoms with Crippen LogP contribution in [0.3, 0.4) is 0 Å². The Morgan fingerprint density at radius 2 is 2.35 bits per heavy atom. The summed E-state index contributed by atoms with van der Waals surface area (Å²) in [5, 5.41) is 3.31. The molecule has 2 aromatic rings. The quantitative estimate of drug-likeness (QED) is 0.853. The van der Waals surface area contributed by atoms with Crippen LogP contribution in [0.15, 0.2) is 17.9 Å². The summed E-state index contributed by atoms with van der Waals surface area (Å²) in [5.74, 6) is 0.870.